The smallest absolute Gasteiger partial charge is 0.316 e. The van der Waals surface area contributed by atoms with Crippen molar-refractivity contribution in [3.63, 3.8) is 0 Å². The number of nitrogens with zero attached hydrogens (tertiary/aromatic N) is 1. The van der Waals surface area contributed by atoms with Crippen LogP contribution in [0.25, 0.3) is 0 Å². The lowest BCUT2D eigenvalue weighted by molar-refractivity contribution is -0.143. The molecule has 0 fully saturated rings. The van der Waals surface area contributed by atoms with Crippen molar-refractivity contribution >= 4 is 21.8 Å². The molecule has 1 aromatic rings. The van der Waals surface area contributed by atoms with Gasteiger partial charge in [0.05, 0.1) is 0 Å². The molecule has 0 aromatic carbocycles. The number of nitrogens with one attached hydrogen (secondary N) is 1. The maximum Gasteiger partial charge on any atom is 0.435 e. The zero-order chi connectivity index (χ0) is 13.1. The summed E-state index contributed by atoms with van der Waals surface area (Å²) >= 11 is 0.768. The Bertz CT molecular complexity index is 492. The zero-order valence-corrected chi connectivity index (χ0v) is 9.25. The molecule has 1 rings (SSSR count). The molecular formula is C5H6F4N2O3S2. The molecule has 0 saturated heterocycles. The highest BCUT2D eigenvalue weighted by Crippen LogP contribution is 2.28. The van der Waals surface area contributed by atoms with Crippen molar-refractivity contribution in [1.82, 2.24) is 4.57 Å². The molecule has 0 bridgehead atoms. The molecule has 0 amide bonds. The van der Waals surface area contributed by atoms with Gasteiger partial charge in [0.2, 0.25) is 0 Å². The number of thiazole rings is 1. The Hall–Kier alpha value is -0.940. The van der Waals surface area contributed by atoms with Crippen molar-refractivity contribution in [1.29, 1.82) is 5.41 Å². The van der Waals surface area contributed by atoms with Crippen molar-refractivity contribution in [3.05, 3.63) is 15.9 Å². The Morgan fingerprint density at radius 1 is 1.50 bits per heavy atom. The Labute approximate surface area is 91.5 Å². The first-order valence-corrected chi connectivity index (χ1v) is 5.58. The van der Waals surface area contributed by atoms with Crippen LogP contribution in [-0.4, -0.2) is 17.5 Å². The number of aromatic nitrogens is 1. The third-order valence-corrected chi connectivity index (χ3v) is 2.08. The lowest BCUT2D eigenvalue weighted by atomic mass is 10.5. The molecule has 0 spiro atoms. The highest BCUT2D eigenvalue weighted by Gasteiger charge is 2.33. The topological polar surface area (TPSA) is 83.2 Å². The van der Waals surface area contributed by atoms with Gasteiger partial charge in [0.1, 0.15) is 5.69 Å². The van der Waals surface area contributed by atoms with E-state index in [2.05, 4.69) is 0 Å². The van der Waals surface area contributed by atoms with Gasteiger partial charge in [0.15, 0.2) is 4.80 Å². The molecule has 0 aliphatic rings. The lowest BCUT2D eigenvalue weighted by Gasteiger charge is -2.05. The summed E-state index contributed by atoms with van der Waals surface area (Å²) in [6.07, 6.45) is -4.34. The third-order valence-electron chi connectivity index (χ3n) is 1.24. The Kier molecular flexibility index (Phi) is 4.64. The van der Waals surface area contributed by atoms with Gasteiger partial charge in [0.25, 0.3) is 0 Å². The molecule has 5 nitrogen and oxygen atoms in total. The van der Waals surface area contributed by atoms with Crippen molar-refractivity contribution < 1.29 is 30.0 Å². The molecule has 0 saturated carbocycles. The summed E-state index contributed by atoms with van der Waals surface area (Å²) in [4.78, 5) is -0.0997. The van der Waals surface area contributed by atoms with Gasteiger partial charge in [-0.1, -0.05) is 3.89 Å². The summed E-state index contributed by atoms with van der Waals surface area (Å²) in [7, 11) is -3.94. The van der Waals surface area contributed by atoms with Crippen LogP contribution in [0.5, 0.6) is 0 Å². The first kappa shape index (κ1) is 15.1. The number of alkyl halides is 3. The molecule has 11 heteroatoms. The van der Waals surface area contributed by atoms with Crippen LogP contribution in [-0.2, 0) is 23.7 Å². The molecule has 0 aliphatic heterocycles. The van der Waals surface area contributed by atoms with Crippen LogP contribution < -0.4 is 4.80 Å². The minimum Gasteiger partial charge on any atom is -0.316 e. The van der Waals surface area contributed by atoms with Gasteiger partial charge in [-0.15, -0.1) is 11.3 Å². The van der Waals surface area contributed by atoms with Crippen LogP contribution in [0.3, 0.4) is 0 Å². The van der Waals surface area contributed by atoms with Crippen molar-refractivity contribution in [2.75, 3.05) is 0 Å². The van der Waals surface area contributed by atoms with E-state index in [1.165, 1.54) is 7.05 Å². The molecule has 0 atom stereocenters. The minimum absolute atomic E-state index is 0.0997. The summed E-state index contributed by atoms with van der Waals surface area (Å²) in [5, 5.41) is 7.93. The molecule has 2 N–H and O–H groups in total. The quantitative estimate of drug-likeness (QED) is 0.428. The third kappa shape index (κ3) is 5.82. The molecule has 1 heterocycles. The standard InChI is InChI=1S/C5H5F3N2S.FHO3S/c1-10-3(5(6,7)8)2-11-4(10)9;1-5(2,3)4/h2,9H,1H3;(H,2,3,4). The molecule has 1 aromatic heterocycles. The average Bonchev–Trinajstić information content (AvgIpc) is 2.27. The normalized spacial score (nSPS) is 11.9. The Morgan fingerprint density at radius 2 is 1.88 bits per heavy atom. The predicted octanol–water partition coefficient (Wildman–Crippen LogP) is 1.34. The molecule has 0 aliphatic carbocycles. The van der Waals surface area contributed by atoms with Crippen molar-refractivity contribution in [2.24, 2.45) is 7.05 Å². The predicted molar refractivity (Wildman–Crippen MR) is 46.8 cm³/mol. The number of hydrogen-bond acceptors (Lipinski definition) is 4. The van der Waals surface area contributed by atoms with Gasteiger partial charge in [-0.05, 0) is 0 Å². The number of hydrogen-bond donors (Lipinski definition) is 2. The fourth-order valence-electron chi connectivity index (χ4n) is 0.636. The van der Waals surface area contributed by atoms with E-state index in [4.69, 9.17) is 18.4 Å². The average molecular weight is 282 g/mol. The highest BCUT2D eigenvalue weighted by atomic mass is 32.3. The van der Waals surface area contributed by atoms with Crippen molar-refractivity contribution in [2.45, 2.75) is 6.18 Å². The van der Waals surface area contributed by atoms with Crippen LogP contribution in [0.15, 0.2) is 5.38 Å². The van der Waals surface area contributed by atoms with E-state index in [1.54, 1.807) is 0 Å². The van der Waals surface area contributed by atoms with Gasteiger partial charge in [-0.2, -0.15) is 21.6 Å². The largest absolute Gasteiger partial charge is 0.435 e. The van der Waals surface area contributed by atoms with Gasteiger partial charge < -0.3 is 4.57 Å². The summed E-state index contributed by atoms with van der Waals surface area (Å²) in [5.74, 6) is 0. The van der Waals surface area contributed by atoms with E-state index in [9.17, 15) is 17.1 Å². The second-order valence-electron chi connectivity index (χ2n) is 2.39. The fraction of sp³-hybridized carbons (Fsp3) is 0.400. The summed E-state index contributed by atoms with van der Waals surface area (Å²) in [6, 6.07) is 0. The zero-order valence-electron chi connectivity index (χ0n) is 7.62. The highest BCUT2D eigenvalue weighted by molar-refractivity contribution is 7.80. The summed E-state index contributed by atoms with van der Waals surface area (Å²) < 4.78 is 70.8. The SMILES string of the molecule is Cn1c(C(F)(F)F)csc1=N.O=S(=O)(O)F. The number of halogens is 4. The molecule has 0 unspecified atom stereocenters. The van der Waals surface area contributed by atoms with Crippen LogP contribution in [0.1, 0.15) is 5.69 Å². The first-order valence-electron chi connectivity index (χ1n) is 3.36. The van der Waals surface area contributed by atoms with Gasteiger partial charge in [-0.25, -0.2) is 0 Å². The first-order chi connectivity index (χ1) is 6.93. The molecule has 16 heavy (non-hydrogen) atoms. The van der Waals surface area contributed by atoms with E-state index >= 15 is 0 Å². The maximum absolute atomic E-state index is 12.0. The van der Waals surface area contributed by atoms with Crippen LogP contribution >= 0.6 is 11.3 Å². The monoisotopic (exact) mass is 282 g/mol. The van der Waals surface area contributed by atoms with Crippen molar-refractivity contribution in [3.8, 4) is 0 Å². The Morgan fingerprint density at radius 3 is 2.00 bits per heavy atom. The number of rotatable bonds is 0. The molecule has 0 radical (unpaired) electrons. The van der Waals surface area contributed by atoms with Gasteiger partial charge in [-0.3, -0.25) is 9.96 Å². The maximum atomic E-state index is 12.0. The van der Waals surface area contributed by atoms with Crippen LogP contribution in [0, 0.1) is 5.41 Å². The fourth-order valence-corrected chi connectivity index (χ4v) is 1.41. The second-order valence-corrected chi connectivity index (χ2v) is 4.08. The molecular weight excluding hydrogens is 276 g/mol. The summed E-state index contributed by atoms with van der Waals surface area (Å²) in [6.45, 7) is 0. The Balaban J connectivity index is 0.000000385. The van der Waals surface area contributed by atoms with E-state index < -0.39 is 22.4 Å². The second kappa shape index (κ2) is 4.93. The lowest BCUT2D eigenvalue weighted by Crippen LogP contribution is -2.17. The van der Waals surface area contributed by atoms with E-state index in [-0.39, 0.29) is 4.80 Å². The van der Waals surface area contributed by atoms with E-state index in [1.807, 2.05) is 0 Å². The van der Waals surface area contributed by atoms with E-state index in [0.717, 1.165) is 21.3 Å². The van der Waals surface area contributed by atoms with Gasteiger partial charge >= 0.3 is 16.7 Å². The van der Waals surface area contributed by atoms with Crippen LogP contribution in [0.4, 0.5) is 17.1 Å². The van der Waals surface area contributed by atoms with E-state index in [0.29, 0.717) is 0 Å². The summed E-state index contributed by atoms with van der Waals surface area (Å²) in [5.41, 5.74) is -0.771. The van der Waals surface area contributed by atoms with Crippen LogP contribution in [0.2, 0.25) is 0 Å². The molecule has 94 valence electrons. The van der Waals surface area contributed by atoms with Gasteiger partial charge in [0, 0.05) is 12.4 Å². The minimum atomic E-state index is -5.17.